The van der Waals surface area contributed by atoms with E-state index in [1.165, 1.54) is 6.26 Å². The molecule has 2 heterocycles. The number of nitrogens with zero attached hydrogens (tertiary/aromatic N) is 5. The van der Waals surface area contributed by atoms with E-state index in [2.05, 4.69) is 26.9 Å². The predicted molar refractivity (Wildman–Crippen MR) is 111 cm³/mol. The molecule has 2 fully saturated rings. The van der Waals surface area contributed by atoms with Gasteiger partial charge in [0.1, 0.15) is 11.3 Å². The van der Waals surface area contributed by atoms with E-state index in [0.717, 1.165) is 17.4 Å². The normalized spacial score (nSPS) is 28.1. The molecule has 2 aliphatic rings. The van der Waals surface area contributed by atoms with Gasteiger partial charge in [0.15, 0.2) is 9.84 Å². The van der Waals surface area contributed by atoms with Gasteiger partial charge in [0.25, 0.3) is 0 Å². The minimum atomic E-state index is -3.06. The van der Waals surface area contributed by atoms with Crippen molar-refractivity contribution in [2.24, 2.45) is 17.0 Å². The van der Waals surface area contributed by atoms with Crippen molar-refractivity contribution in [3.63, 3.8) is 0 Å². The highest BCUT2D eigenvalue weighted by Crippen LogP contribution is 2.54. The van der Waals surface area contributed by atoms with Crippen LogP contribution in [0.15, 0.2) is 23.6 Å². The summed E-state index contributed by atoms with van der Waals surface area (Å²) >= 11 is 6.17. The summed E-state index contributed by atoms with van der Waals surface area (Å²) in [6.07, 6.45) is 6.19. The van der Waals surface area contributed by atoms with Crippen LogP contribution in [-0.4, -0.2) is 36.0 Å². The number of ether oxygens (including phenoxy) is 1. The molecule has 0 spiro atoms. The van der Waals surface area contributed by atoms with Crippen LogP contribution in [0, 0.1) is 11.8 Å². The van der Waals surface area contributed by atoms with Crippen molar-refractivity contribution in [1.29, 1.82) is 0 Å². The van der Waals surface area contributed by atoms with Crippen LogP contribution in [0.4, 0.5) is 0 Å². The fraction of sp³-hybridized carbons (Fsp3) is 0.579. The molecule has 0 saturated heterocycles. The number of sulfone groups is 1. The van der Waals surface area contributed by atoms with E-state index in [4.69, 9.17) is 16.3 Å². The fourth-order valence-corrected chi connectivity index (χ4v) is 5.52. The van der Waals surface area contributed by atoms with E-state index >= 15 is 0 Å². The maximum absolute atomic E-state index is 11.6. The Morgan fingerprint density at radius 2 is 1.97 bits per heavy atom. The Kier molecular flexibility index (Phi) is 4.88. The molecule has 8 nitrogen and oxygen atoms in total. The highest BCUT2D eigenvalue weighted by Gasteiger charge is 2.49. The van der Waals surface area contributed by atoms with Crippen LogP contribution < -0.4 is 4.74 Å². The lowest BCUT2D eigenvalue weighted by Crippen LogP contribution is -2.42. The molecule has 154 valence electrons. The van der Waals surface area contributed by atoms with Gasteiger partial charge in [-0.25, -0.2) is 18.4 Å². The predicted octanol–water partition coefficient (Wildman–Crippen LogP) is 4.42. The van der Waals surface area contributed by atoms with E-state index in [1.54, 1.807) is 18.5 Å². The maximum Gasteiger partial charge on any atom is 0.223 e. The summed E-state index contributed by atoms with van der Waals surface area (Å²) in [5.74, 6) is 1.07. The average molecular weight is 436 g/mol. The third-order valence-electron chi connectivity index (χ3n) is 6.27. The third-order valence-corrected chi connectivity index (χ3v) is 8.07. The van der Waals surface area contributed by atoms with Gasteiger partial charge in [-0.15, -0.1) is 0 Å². The van der Waals surface area contributed by atoms with Crippen molar-refractivity contribution in [3.05, 3.63) is 39.6 Å². The Morgan fingerprint density at radius 1 is 1.28 bits per heavy atom. The smallest absolute Gasteiger partial charge is 0.223 e. The molecule has 0 radical (unpaired) electrons. The lowest BCUT2D eigenvalue weighted by molar-refractivity contribution is 0.119. The number of aromatic nitrogens is 2. The molecular weight excluding hydrogens is 414 g/mol. The van der Waals surface area contributed by atoms with Gasteiger partial charge in [-0.2, -0.15) is 0 Å². The average Bonchev–Trinajstić information content (AvgIpc) is 3.33. The number of hydrogen-bond donors (Lipinski definition) is 0. The van der Waals surface area contributed by atoms with Crippen molar-refractivity contribution >= 4 is 32.2 Å². The van der Waals surface area contributed by atoms with Crippen LogP contribution in [-0.2, 0) is 15.4 Å². The fourth-order valence-electron chi connectivity index (χ4n) is 4.23. The monoisotopic (exact) mass is 435 g/mol. The molecule has 2 aliphatic carbocycles. The van der Waals surface area contributed by atoms with Crippen LogP contribution in [0.25, 0.3) is 21.2 Å². The Labute approximate surface area is 174 Å². The number of azide groups is 1. The Morgan fingerprint density at radius 3 is 2.55 bits per heavy atom. The van der Waals surface area contributed by atoms with Gasteiger partial charge in [-0.1, -0.05) is 23.6 Å². The van der Waals surface area contributed by atoms with Crippen LogP contribution in [0.1, 0.15) is 38.7 Å². The minimum absolute atomic E-state index is 0.209. The lowest BCUT2D eigenvalue weighted by atomic mass is 9.85. The standard InChI is InChI=1S/C19H22ClN5O3S/c1-10-4-15(10)19(2,24-25-21)16-9-23-18(14-8-22-17(20)7-13(14)16)28-11-5-12(6-11)29(3,26)27/h7-12,15H,4-6H2,1-3H3/t10-,11-,12+,15?,19?/m1/s1. The second kappa shape index (κ2) is 7.00. The Bertz CT molecular complexity index is 1130. The van der Waals surface area contributed by atoms with Crippen LogP contribution in [0.2, 0.25) is 5.15 Å². The first-order valence-corrected chi connectivity index (χ1v) is 11.8. The molecule has 3 atom stereocenters. The number of hydrogen-bond acceptors (Lipinski definition) is 6. The summed E-state index contributed by atoms with van der Waals surface area (Å²) in [5, 5.41) is 5.55. The number of rotatable bonds is 6. The highest BCUT2D eigenvalue weighted by atomic mass is 35.5. The molecule has 0 aliphatic heterocycles. The van der Waals surface area contributed by atoms with Gasteiger partial charge in [-0.05, 0) is 47.7 Å². The Balaban J connectivity index is 1.73. The molecule has 10 heteroatoms. The van der Waals surface area contributed by atoms with E-state index in [-0.39, 0.29) is 17.3 Å². The number of halogens is 1. The van der Waals surface area contributed by atoms with E-state index in [1.807, 2.05) is 6.92 Å². The van der Waals surface area contributed by atoms with Crippen LogP contribution >= 0.6 is 11.6 Å². The first kappa shape index (κ1) is 20.2. The van der Waals surface area contributed by atoms with Gasteiger partial charge in [-0.3, -0.25) is 0 Å². The molecule has 2 saturated carbocycles. The quantitative estimate of drug-likeness (QED) is 0.288. The van der Waals surface area contributed by atoms with Crippen LogP contribution in [0.3, 0.4) is 0 Å². The van der Waals surface area contributed by atoms with Crippen molar-refractivity contribution in [1.82, 2.24) is 9.97 Å². The molecule has 0 bridgehead atoms. The zero-order valence-corrected chi connectivity index (χ0v) is 18.0. The second-order valence-corrected chi connectivity index (χ2v) is 11.1. The van der Waals surface area contributed by atoms with E-state index < -0.39 is 15.4 Å². The number of pyridine rings is 2. The van der Waals surface area contributed by atoms with Gasteiger partial charge in [0.05, 0.1) is 16.2 Å². The zero-order valence-electron chi connectivity index (χ0n) is 16.4. The maximum atomic E-state index is 11.6. The molecule has 0 aromatic carbocycles. The molecule has 2 aromatic rings. The minimum Gasteiger partial charge on any atom is -0.474 e. The topological polar surface area (TPSA) is 118 Å². The third kappa shape index (κ3) is 3.63. The first-order valence-electron chi connectivity index (χ1n) is 9.50. The van der Waals surface area contributed by atoms with E-state index in [9.17, 15) is 13.9 Å². The number of fused-ring (bicyclic) bond motifs is 1. The van der Waals surface area contributed by atoms with Crippen molar-refractivity contribution in [2.75, 3.05) is 6.26 Å². The Hall–Kier alpha value is -2.09. The van der Waals surface area contributed by atoms with Gasteiger partial charge in [0.2, 0.25) is 5.88 Å². The first-order chi connectivity index (χ1) is 13.6. The van der Waals surface area contributed by atoms with Crippen molar-refractivity contribution < 1.29 is 13.2 Å². The summed E-state index contributed by atoms with van der Waals surface area (Å²) < 4.78 is 29.3. The van der Waals surface area contributed by atoms with E-state index in [0.29, 0.717) is 35.2 Å². The van der Waals surface area contributed by atoms with Gasteiger partial charge < -0.3 is 4.74 Å². The SMILES string of the molecule is C[C@@H]1CC1C(C)(N=[N+]=[N-])c1cnc(O[C@H]2C[C@@H](S(C)(=O)=O)C2)c2cnc(Cl)cc12. The second-order valence-electron chi connectivity index (χ2n) is 8.35. The molecule has 0 N–H and O–H groups in total. The molecule has 0 amide bonds. The van der Waals surface area contributed by atoms with Crippen LogP contribution in [0.5, 0.6) is 5.88 Å². The summed E-state index contributed by atoms with van der Waals surface area (Å²) in [4.78, 5) is 11.7. The lowest BCUT2D eigenvalue weighted by Gasteiger charge is -2.34. The van der Waals surface area contributed by atoms with Crippen molar-refractivity contribution in [2.45, 2.75) is 50.0 Å². The molecular formula is C19H22ClN5O3S. The highest BCUT2D eigenvalue weighted by molar-refractivity contribution is 7.91. The van der Waals surface area contributed by atoms with Gasteiger partial charge in [0, 0.05) is 36.4 Å². The summed E-state index contributed by atoms with van der Waals surface area (Å²) in [6, 6.07) is 1.74. The molecule has 4 rings (SSSR count). The summed E-state index contributed by atoms with van der Waals surface area (Å²) in [5.41, 5.74) is 9.22. The molecule has 2 aromatic heterocycles. The van der Waals surface area contributed by atoms with Crippen molar-refractivity contribution in [3.8, 4) is 5.88 Å². The zero-order chi connectivity index (χ0) is 21.0. The summed E-state index contributed by atoms with van der Waals surface area (Å²) in [6.45, 7) is 4.06. The molecule has 2 unspecified atom stereocenters. The largest absolute Gasteiger partial charge is 0.474 e. The van der Waals surface area contributed by atoms with Gasteiger partial charge >= 0.3 is 0 Å². The molecule has 29 heavy (non-hydrogen) atoms. The summed E-state index contributed by atoms with van der Waals surface area (Å²) in [7, 11) is -3.06.